The monoisotopic (exact) mass is 459 g/mol. The fourth-order valence-corrected chi connectivity index (χ4v) is 4.32. The first-order valence-corrected chi connectivity index (χ1v) is 10.9. The molecular weight excluding hydrogens is 445 g/mol. The van der Waals surface area contributed by atoms with E-state index in [4.69, 9.17) is 16.1 Å². The highest BCUT2D eigenvalue weighted by atomic mass is 35.5. The number of benzene rings is 3. The van der Waals surface area contributed by atoms with Crippen molar-refractivity contribution >= 4 is 49.9 Å². The molecule has 31 heavy (non-hydrogen) atoms. The van der Waals surface area contributed by atoms with Gasteiger partial charge in [-0.15, -0.1) is 0 Å². The van der Waals surface area contributed by atoms with E-state index in [-0.39, 0.29) is 22.8 Å². The van der Waals surface area contributed by atoms with Crippen molar-refractivity contribution in [3.63, 3.8) is 0 Å². The lowest BCUT2D eigenvalue weighted by atomic mass is 10.1. The third-order valence-corrected chi connectivity index (χ3v) is 6.04. The molecule has 3 aromatic carbocycles. The van der Waals surface area contributed by atoms with Crippen molar-refractivity contribution < 1.29 is 22.1 Å². The van der Waals surface area contributed by atoms with E-state index in [2.05, 4.69) is 15.2 Å². The third-order valence-electron chi connectivity index (χ3n) is 4.41. The lowest BCUT2D eigenvalue weighted by Gasteiger charge is -2.14. The first kappa shape index (κ1) is 20.8. The molecule has 1 amide bonds. The van der Waals surface area contributed by atoms with Crippen LogP contribution in [-0.2, 0) is 21.2 Å². The highest BCUT2D eigenvalue weighted by Crippen LogP contribution is 2.29. The zero-order valence-electron chi connectivity index (χ0n) is 15.8. The summed E-state index contributed by atoms with van der Waals surface area (Å²) in [5.74, 6) is -1.36. The van der Waals surface area contributed by atoms with Gasteiger partial charge in [0.05, 0.1) is 17.8 Å². The molecule has 0 aliphatic carbocycles. The van der Waals surface area contributed by atoms with Gasteiger partial charge in [0.2, 0.25) is 5.91 Å². The van der Waals surface area contributed by atoms with Crippen LogP contribution >= 0.6 is 11.6 Å². The van der Waals surface area contributed by atoms with Crippen molar-refractivity contribution in [1.82, 2.24) is 5.16 Å². The average Bonchev–Trinajstić information content (AvgIpc) is 3.13. The number of nitrogens with zero attached hydrogens (tertiary/aromatic N) is 1. The number of hydrogen-bond acceptors (Lipinski definition) is 5. The Morgan fingerprint density at radius 2 is 1.77 bits per heavy atom. The number of hydrogen-bond donors (Lipinski definition) is 2. The second-order valence-electron chi connectivity index (χ2n) is 6.58. The zero-order chi connectivity index (χ0) is 22.0. The molecule has 0 radical (unpaired) electrons. The van der Waals surface area contributed by atoms with Crippen LogP contribution in [0.5, 0.6) is 0 Å². The Balaban J connectivity index is 1.58. The van der Waals surface area contributed by atoms with Crippen LogP contribution in [0.4, 0.5) is 15.8 Å². The quantitative estimate of drug-likeness (QED) is 0.438. The van der Waals surface area contributed by atoms with Crippen LogP contribution in [0.25, 0.3) is 11.0 Å². The number of fused-ring (bicyclic) bond motifs is 1. The van der Waals surface area contributed by atoms with Crippen LogP contribution < -0.4 is 10.0 Å². The van der Waals surface area contributed by atoms with Crippen LogP contribution in [0.1, 0.15) is 5.69 Å². The average molecular weight is 460 g/mol. The first-order valence-electron chi connectivity index (χ1n) is 9.03. The summed E-state index contributed by atoms with van der Waals surface area (Å²) >= 11 is 6.02. The van der Waals surface area contributed by atoms with E-state index in [1.54, 1.807) is 24.3 Å². The molecule has 4 aromatic rings. The Hall–Kier alpha value is -3.43. The van der Waals surface area contributed by atoms with Crippen LogP contribution in [0, 0.1) is 5.82 Å². The number of anilines is 2. The van der Waals surface area contributed by atoms with Gasteiger partial charge in [-0.1, -0.05) is 41.0 Å². The molecule has 0 unspecified atom stereocenters. The normalized spacial score (nSPS) is 11.4. The van der Waals surface area contributed by atoms with Gasteiger partial charge in [-0.2, -0.15) is 0 Å². The molecule has 0 saturated heterocycles. The molecule has 7 nitrogen and oxygen atoms in total. The zero-order valence-corrected chi connectivity index (χ0v) is 17.4. The molecule has 10 heteroatoms. The number of sulfonamides is 1. The minimum Gasteiger partial charge on any atom is -0.356 e. The van der Waals surface area contributed by atoms with Crippen molar-refractivity contribution in [2.24, 2.45) is 0 Å². The van der Waals surface area contributed by atoms with Gasteiger partial charge in [0, 0.05) is 10.4 Å². The van der Waals surface area contributed by atoms with Gasteiger partial charge < -0.3 is 9.84 Å². The highest BCUT2D eigenvalue weighted by Gasteiger charge is 2.21. The van der Waals surface area contributed by atoms with E-state index in [1.807, 2.05) is 0 Å². The van der Waals surface area contributed by atoms with Crippen LogP contribution in [0.3, 0.4) is 0 Å². The van der Waals surface area contributed by atoms with Crippen LogP contribution in [-0.4, -0.2) is 19.5 Å². The topological polar surface area (TPSA) is 101 Å². The Bertz CT molecular complexity index is 1390. The molecule has 1 heterocycles. The SMILES string of the molecule is O=C(Cc1noc2ccccc12)Nc1cc(Cl)ccc1NS(=O)(=O)c1ccccc1F. The van der Waals surface area contributed by atoms with E-state index in [0.29, 0.717) is 16.7 Å². The minimum absolute atomic E-state index is 0.0333. The molecule has 158 valence electrons. The minimum atomic E-state index is -4.24. The lowest BCUT2D eigenvalue weighted by molar-refractivity contribution is -0.115. The number of para-hydroxylation sites is 1. The first-order chi connectivity index (χ1) is 14.8. The largest absolute Gasteiger partial charge is 0.356 e. The molecule has 2 N–H and O–H groups in total. The van der Waals surface area contributed by atoms with Crippen molar-refractivity contribution in [3.8, 4) is 0 Å². The van der Waals surface area contributed by atoms with E-state index in [1.165, 1.54) is 30.3 Å². The number of rotatable bonds is 6. The maximum absolute atomic E-state index is 14.0. The molecular formula is C21H15ClFN3O4S. The maximum atomic E-state index is 14.0. The summed E-state index contributed by atoms with van der Waals surface area (Å²) in [5.41, 5.74) is 1.13. The fraction of sp³-hybridized carbons (Fsp3) is 0.0476. The van der Waals surface area contributed by atoms with Gasteiger partial charge >= 0.3 is 0 Å². The summed E-state index contributed by atoms with van der Waals surface area (Å²) in [4.78, 5) is 12.1. The van der Waals surface area contributed by atoms with Crippen LogP contribution in [0.15, 0.2) is 76.1 Å². The summed E-state index contributed by atoms with van der Waals surface area (Å²) in [5, 5.41) is 7.50. The van der Waals surface area contributed by atoms with Crippen molar-refractivity contribution in [2.45, 2.75) is 11.3 Å². The molecule has 0 spiro atoms. The lowest BCUT2D eigenvalue weighted by Crippen LogP contribution is -2.19. The number of aromatic nitrogens is 1. The molecule has 0 fully saturated rings. The van der Waals surface area contributed by atoms with E-state index in [9.17, 15) is 17.6 Å². The van der Waals surface area contributed by atoms with Gasteiger partial charge in [-0.25, -0.2) is 12.8 Å². The molecule has 0 saturated carbocycles. The Morgan fingerprint density at radius 1 is 1.03 bits per heavy atom. The van der Waals surface area contributed by atoms with E-state index >= 15 is 0 Å². The van der Waals surface area contributed by atoms with Gasteiger partial charge in [-0.05, 0) is 42.5 Å². The number of amides is 1. The van der Waals surface area contributed by atoms with Crippen molar-refractivity contribution in [2.75, 3.05) is 10.0 Å². The molecule has 1 aromatic heterocycles. The summed E-state index contributed by atoms with van der Waals surface area (Å²) in [6.45, 7) is 0. The third kappa shape index (κ3) is 4.52. The smallest absolute Gasteiger partial charge is 0.264 e. The summed E-state index contributed by atoms with van der Waals surface area (Å²) < 4.78 is 46.7. The number of halogens is 2. The molecule has 0 bridgehead atoms. The summed E-state index contributed by atoms with van der Waals surface area (Å²) in [6, 6.07) is 16.3. The number of carbonyl (C=O) groups is 1. The molecule has 0 aliphatic rings. The maximum Gasteiger partial charge on any atom is 0.264 e. The number of carbonyl (C=O) groups excluding carboxylic acids is 1. The Morgan fingerprint density at radius 3 is 2.58 bits per heavy atom. The highest BCUT2D eigenvalue weighted by molar-refractivity contribution is 7.92. The molecule has 0 aliphatic heterocycles. The standard InChI is InChI=1S/C21H15ClFN3O4S/c22-13-9-10-16(26-31(28,29)20-8-4-2-6-15(20)23)18(11-13)24-21(27)12-17-14-5-1-3-7-19(14)30-25-17/h1-11,26H,12H2,(H,24,27). The van der Waals surface area contributed by atoms with Gasteiger partial charge in [0.1, 0.15) is 16.4 Å². The predicted molar refractivity (Wildman–Crippen MR) is 115 cm³/mol. The Labute approximate surface area is 181 Å². The predicted octanol–water partition coefficient (Wildman–Crippen LogP) is 4.60. The Kier molecular flexibility index (Phi) is 5.62. The van der Waals surface area contributed by atoms with Crippen molar-refractivity contribution in [3.05, 3.63) is 83.3 Å². The van der Waals surface area contributed by atoms with Crippen LogP contribution in [0.2, 0.25) is 5.02 Å². The van der Waals surface area contributed by atoms with Gasteiger partial charge in [-0.3, -0.25) is 9.52 Å². The van der Waals surface area contributed by atoms with Gasteiger partial charge in [0.15, 0.2) is 5.58 Å². The number of nitrogens with one attached hydrogen (secondary N) is 2. The van der Waals surface area contributed by atoms with E-state index < -0.39 is 26.6 Å². The van der Waals surface area contributed by atoms with Gasteiger partial charge in [0.25, 0.3) is 10.0 Å². The molecule has 4 rings (SSSR count). The fourth-order valence-electron chi connectivity index (χ4n) is 2.98. The van der Waals surface area contributed by atoms with Crippen molar-refractivity contribution in [1.29, 1.82) is 0 Å². The second-order valence-corrected chi connectivity index (χ2v) is 8.66. The summed E-state index contributed by atoms with van der Waals surface area (Å²) in [7, 11) is -4.24. The summed E-state index contributed by atoms with van der Waals surface area (Å²) in [6.07, 6.45) is -0.108. The molecule has 0 atom stereocenters. The van der Waals surface area contributed by atoms with E-state index in [0.717, 1.165) is 12.1 Å². The second kappa shape index (κ2) is 8.37.